The van der Waals surface area contributed by atoms with E-state index in [-0.39, 0.29) is 24.0 Å². The summed E-state index contributed by atoms with van der Waals surface area (Å²) in [4.78, 5) is 38.1. The third kappa shape index (κ3) is 3.18. The Kier molecular flexibility index (Phi) is 5.13. The van der Waals surface area contributed by atoms with Crippen molar-refractivity contribution in [2.45, 2.75) is 88.4 Å². The van der Waals surface area contributed by atoms with Gasteiger partial charge in [0.2, 0.25) is 0 Å². The molecule has 0 saturated heterocycles. The first-order chi connectivity index (χ1) is 14.5. The van der Waals surface area contributed by atoms with Crippen molar-refractivity contribution < 1.29 is 28.6 Å². The molecule has 5 aliphatic carbocycles. The Morgan fingerprint density at radius 3 is 2.50 bits per heavy atom. The minimum absolute atomic E-state index is 0.0357. The van der Waals surface area contributed by atoms with Gasteiger partial charge in [0.15, 0.2) is 23.8 Å². The molecule has 6 nitrogen and oxygen atoms in total. The average molecular weight is 417 g/mol. The lowest BCUT2D eigenvalue weighted by atomic mass is 9.76. The molecule has 5 rings (SSSR count). The lowest BCUT2D eigenvalue weighted by molar-refractivity contribution is -0.196. The standard InChI is InChI=1S/C24H32O6/c1-2-18(25)30-20-19(21(26)24(22(20)27)8-3-4-9-24)28-14-29-23-7-5-6-16-10-15(12-23)11-17(16)13-23/h2,15-17,19-20H,1,3-14H2. The predicted molar refractivity (Wildman–Crippen MR) is 107 cm³/mol. The van der Waals surface area contributed by atoms with E-state index >= 15 is 0 Å². The fraction of sp³-hybridized carbons (Fsp3) is 0.792. The molecule has 6 unspecified atom stereocenters. The van der Waals surface area contributed by atoms with Gasteiger partial charge in [-0.2, -0.15) is 0 Å². The smallest absolute Gasteiger partial charge is 0.330 e. The maximum absolute atomic E-state index is 13.2. The molecule has 0 amide bonds. The van der Waals surface area contributed by atoms with Gasteiger partial charge in [-0.1, -0.05) is 32.3 Å². The van der Waals surface area contributed by atoms with Crippen molar-refractivity contribution in [1.82, 2.24) is 0 Å². The van der Waals surface area contributed by atoms with Crippen molar-refractivity contribution >= 4 is 17.5 Å². The molecular weight excluding hydrogens is 384 g/mol. The van der Waals surface area contributed by atoms with Crippen molar-refractivity contribution in [1.29, 1.82) is 0 Å². The van der Waals surface area contributed by atoms with Gasteiger partial charge in [0, 0.05) is 6.08 Å². The van der Waals surface area contributed by atoms with Crippen LogP contribution in [0.25, 0.3) is 0 Å². The van der Waals surface area contributed by atoms with Crippen LogP contribution in [0, 0.1) is 23.2 Å². The van der Waals surface area contributed by atoms with Crippen LogP contribution in [0.4, 0.5) is 0 Å². The van der Waals surface area contributed by atoms with E-state index in [2.05, 4.69) is 6.58 Å². The number of ether oxygens (including phenoxy) is 3. The fourth-order valence-corrected chi connectivity index (χ4v) is 7.37. The summed E-state index contributed by atoms with van der Waals surface area (Å²) in [7, 11) is 0. The number of hydrogen-bond donors (Lipinski definition) is 0. The molecule has 3 bridgehead atoms. The minimum Gasteiger partial charge on any atom is -0.448 e. The van der Waals surface area contributed by atoms with Crippen LogP contribution >= 0.6 is 0 Å². The van der Waals surface area contributed by atoms with Crippen LogP contribution in [-0.4, -0.2) is 42.1 Å². The SMILES string of the molecule is C=CC(=O)OC1C(=O)C2(CCCC2)C(=O)C1OCOC12CCCC3CC(CC3C1)C2. The van der Waals surface area contributed by atoms with E-state index in [1.807, 2.05) is 0 Å². The summed E-state index contributed by atoms with van der Waals surface area (Å²) in [5, 5.41) is 0. The maximum atomic E-state index is 13.2. The number of Topliss-reactive ketones (excluding diaryl/α,β-unsaturated/α-hetero) is 2. The summed E-state index contributed by atoms with van der Waals surface area (Å²) in [6.07, 6.45) is 9.76. The Balaban J connectivity index is 1.29. The van der Waals surface area contributed by atoms with E-state index in [9.17, 15) is 14.4 Å². The summed E-state index contributed by atoms with van der Waals surface area (Å²) >= 11 is 0. The first kappa shape index (κ1) is 20.4. The average Bonchev–Trinajstić information content (AvgIpc) is 3.35. The molecule has 0 aromatic heterocycles. The molecule has 0 radical (unpaired) electrons. The van der Waals surface area contributed by atoms with E-state index in [1.165, 1.54) is 25.7 Å². The lowest BCUT2D eigenvalue weighted by Crippen LogP contribution is -2.41. The highest BCUT2D eigenvalue weighted by molar-refractivity contribution is 6.18. The Labute approximate surface area is 177 Å². The zero-order valence-corrected chi connectivity index (χ0v) is 17.6. The van der Waals surface area contributed by atoms with Gasteiger partial charge >= 0.3 is 5.97 Å². The third-order valence-electron chi connectivity index (χ3n) is 8.66. The number of ketones is 2. The zero-order chi connectivity index (χ0) is 20.9. The van der Waals surface area contributed by atoms with Gasteiger partial charge in [-0.3, -0.25) is 9.59 Å². The van der Waals surface area contributed by atoms with Gasteiger partial charge in [0.25, 0.3) is 0 Å². The number of hydrogen-bond acceptors (Lipinski definition) is 6. The maximum Gasteiger partial charge on any atom is 0.330 e. The second-order valence-corrected chi connectivity index (χ2v) is 10.3. The first-order valence-electron chi connectivity index (χ1n) is 11.6. The molecule has 5 aliphatic rings. The second-order valence-electron chi connectivity index (χ2n) is 10.3. The molecule has 0 aliphatic heterocycles. The van der Waals surface area contributed by atoms with Gasteiger partial charge in [-0.25, -0.2) is 4.79 Å². The van der Waals surface area contributed by atoms with Crippen LogP contribution in [0.15, 0.2) is 12.7 Å². The van der Waals surface area contributed by atoms with Crippen LogP contribution in [0.2, 0.25) is 0 Å². The number of fused-ring (bicyclic) bond motifs is 2. The fourth-order valence-electron chi connectivity index (χ4n) is 7.37. The second kappa shape index (κ2) is 7.56. The molecule has 0 aromatic rings. The third-order valence-corrected chi connectivity index (χ3v) is 8.66. The molecule has 0 aromatic carbocycles. The van der Waals surface area contributed by atoms with Crippen LogP contribution in [0.3, 0.4) is 0 Å². The predicted octanol–water partition coefficient (Wildman–Crippen LogP) is 3.51. The summed E-state index contributed by atoms with van der Waals surface area (Å²) in [6.45, 7) is 3.37. The molecule has 6 heteroatoms. The number of esters is 1. The number of rotatable bonds is 6. The summed E-state index contributed by atoms with van der Waals surface area (Å²) < 4.78 is 17.6. The van der Waals surface area contributed by atoms with Gasteiger partial charge in [-0.15, -0.1) is 0 Å². The molecule has 30 heavy (non-hydrogen) atoms. The molecule has 6 atom stereocenters. The zero-order valence-electron chi connectivity index (χ0n) is 17.6. The van der Waals surface area contributed by atoms with E-state index < -0.39 is 23.6 Å². The Morgan fingerprint density at radius 2 is 1.73 bits per heavy atom. The van der Waals surface area contributed by atoms with Crippen molar-refractivity contribution in [3.63, 3.8) is 0 Å². The van der Waals surface area contributed by atoms with Crippen LogP contribution in [0.5, 0.6) is 0 Å². The topological polar surface area (TPSA) is 78.9 Å². The molecular formula is C24H32O6. The highest BCUT2D eigenvalue weighted by atomic mass is 16.7. The van der Waals surface area contributed by atoms with Gasteiger partial charge in [0.05, 0.1) is 11.0 Å². The molecule has 0 N–H and O–H groups in total. The van der Waals surface area contributed by atoms with E-state index in [0.717, 1.165) is 55.9 Å². The largest absolute Gasteiger partial charge is 0.448 e. The van der Waals surface area contributed by atoms with Crippen LogP contribution in [0.1, 0.15) is 70.6 Å². The summed E-state index contributed by atoms with van der Waals surface area (Å²) in [6, 6.07) is 0. The van der Waals surface area contributed by atoms with Gasteiger partial charge in [0.1, 0.15) is 6.79 Å². The Hall–Kier alpha value is -1.53. The normalized spacial score (nSPS) is 41.4. The van der Waals surface area contributed by atoms with E-state index in [0.29, 0.717) is 12.8 Å². The highest BCUT2D eigenvalue weighted by Crippen LogP contribution is 2.56. The Morgan fingerprint density at radius 1 is 1.00 bits per heavy atom. The van der Waals surface area contributed by atoms with Crippen LogP contribution < -0.4 is 0 Å². The molecule has 5 fully saturated rings. The summed E-state index contributed by atoms with van der Waals surface area (Å²) in [5.74, 6) is 1.09. The van der Waals surface area contributed by atoms with Crippen molar-refractivity contribution in [3.8, 4) is 0 Å². The monoisotopic (exact) mass is 416 g/mol. The van der Waals surface area contributed by atoms with Crippen molar-refractivity contribution in [2.75, 3.05) is 6.79 Å². The van der Waals surface area contributed by atoms with Crippen LogP contribution in [-0.2, 0) is 28.6 Å². The van der Waals surface area contributed by atoms with Crippen molar-refractivity contribution in [3.05, 3.63) is 12.7 Å². The molecule has 5 saturated carbocycles. The molecule has 0 heterocycles. The van der Waals surface area contributed by atoms with E-state index in [1.54, 1.807) is 0 Å². The van der Waals surface area contributed by atoms with Crippen molar-refractivity contribution in [2.24, 2.45) is 23.2 Å². The molecule has 1 spiro atoms. The Bertz CT molecular complexity index is 753. The number of carbonyl (C=O) groups is 3. The highest BCUT2D eigenvalue weighted by Gasteiger charge is 2.63. The van der Waals surface area contributed by atoms with E-state index in [4.69, 9.17) is 14.2 Å². The van der Waals surface area contributed by atoms with Gasteiger partial charge in [-0.05, 0) is 62.7 Å². The first-order valence-corrected chi connectivity index (χ1v) is 11.6. The lowest BCUT2D eigenvalue weighted by Gasteiger charge is -2.40. The molecule has 164 valence electrons. The minimum atomic E-state index is -1.19. The summed E-state index contributed by atoms with van der Waals surface area (Å²) in [5.41, 5.74) is -1.21. The number of carbonyl (C=O) groups excluding carboxylic acids is 3. The quantitative estimate of drug-likeness (QED) is 0.285. The van der Waals surface area contributed by atoms with Gasteiger partial charge < -0.3 is 14.2 Å².